The Labute approximate surface area is 108 Å². The molecule has 1 aromatic carbocycles. The Bertz CT molecular complexity index is 403. The van der Waals surface area contributed by atoms with Gasteiger partial charge in [-0.2, -0.15) is 11.8 Å². The molecule has 2 rings (SSSR count). The number of esters is 1. The highest BCUT2D eigenvalue weighted by atomic mass is 35.5. The van der Waals surface area contributed by atoms with Crippen molar-refractivity contribution in [2.24, 2.45) is 0 Å². The lowest BCUT2D eigenvalue weighted by Crippen LogP contribution is -2.17. The van der Waals surface area contributed by atoms with E-state index in [0.29, 0.717) is 15.6 Å². The second-order valence-electron chi connectivity index (χ2n) is 3.52. The van der Waals surface area contributed by atoms with Gasteiger partial charge in [-0.15, -0.1) is 0 Å². The van der Waals surface area contributed by atoms with Crippen LogP contribution in [0.1, 0.15) is 16.8 Å². The monoisotopic (exact) mass is 276 g/mol. The van der Waals surface area contributed by atoms with E-state index in [-0.39, 0.29) is 12.1 Å². The first kappa shape index (κ1) is 12.1. The van der Waals surface area contributed by atoms with Crippen molar-refractivity contribution >= 4 is 40.9 Å². The fourth-order valence-electron chi connectivity index (χ4n) is 1.48. The van der Waals surface area contributed by atoms with Gasteiger partial charge in [-0.05, 0) is 30.4 Å². The number of ether oxygens (including phenoxy) is 1. The normalized spacial score (nSPS) is 19.8. The summed E-state index contributed by atoms with van der Waals surface area (Å²) in [6.07, 6.45) is 0.936. The van der Waals surface area contributed by atoms with E-state index >= 15 is 0 Å². The van der Waals surface area contributed by atoms with Gasteiger partial charge in [0.15, 0.2) is 0 Å². The van der Waals surface area contributed by atoms with Crippen molar-refractivity contribution in [1.29, 1.82) is 0 Å². The first-order valence-electron chi connectivity index (χ1n) is 4.90. The Kier molecular flexibility index (Phi) is 4.00. The zero-order valence-electron chi connectivity index (χ0n) is 8.41. The molecule has 1 aliphatic heterocycles. The van der Waals surface area contributed by atoms with Gasteiger partial charge < -0.3 is 4.74 Å². The average Bonchev–Trinajstić information content (AvgIpc) is 2.70. The smallest absolute Gasteiger partial charge is 0.339 e. The van der Waals surface area contributed by atoms with E-state index in [1.165, 1.54) is 0 Å². The van der Waals surface area contributed by atoms with E-state index < -0.39 is 0 Å². The quantitative estimate of drug-likeness (QED) is 0.772. The summed E-state index contributed by atoms with van der Waals surface area (Å²) < 4.78 is 5.33. The lowest BCUT2D eigenvalue weighted by atomic mass is 10.2. The molecule has 1 heterocycles. The molecule has 0 saturated carbocycles. The molecular formula is C11H10Cl2O2S. The van der Waals surface area contributed by atoms with E-state index in [1.54, 1.807) is 30.0 Å². The molecule has 1 aromatic rings. The van der Waals surface area contributed by atoms with Crippen LogP contribution in [0.5, 0.6) is 0 Å². The van der Waals surface area contributed by atoms with Crippen LogP contribution in [-0.2, 0) is 4.74 Å². The number of benzene rings is 1. The lowest BCUT2D eigenvalue weighted by molar-refractivity contribution is 0.0357. The van der Waals surface area contributed by atoms with Crippen molar-refractivity contribution in [3.05, 3.63) is 33.8 Å². The Balaban J connectivity index is 2.08. The summed E-state index contributed by atoms with van der Waals surface area (Å²) in [5.41, 5.74) is 0.378. The second kappa shape index (κ2) is 5.30. The Morgan fingerprint density at radius 3 is 2.88 bits per heavy atom. The van der Waals surface area contributed by atoms with E-state index in [2.05, 4.69) is 0 Å². The van der Waals surface area contributed by atoms with Crippen molar-refractivity contribution in [1.82, 2.24) is 0 Å². The molecule has 0 aliphatic carbocycles. The highest BCUT2D eigenvalue weighted by Gasteiger charge is 2.21. The van der Waals surface area contributed by atoms with Gasteiger partial charge in [0.05, 0.1) is 10.6 Å². The predicted molar refractivity (Wildman–Crippen MR) is 67.6 cm³/mol. The minimum atomic E-state index is -0.367. The van der Waals surface area contributed by atoms with Crippen LogP contribution in [0, 0.1) is 0 Å². The summed E-state index contributed by atoms with van der Waals surface area (Å²) in [4.78, 5) is 11.8. The Hall–Kier alpha value is -0.380. The fourth-order valence-corrected chi connectivity index (χ4v) is 3.06. The molecule has 0 aromatic heterocycles. The third-order valence-electron chi connectivity index (χ3n) is 2.31. The largest absolute Gasteiger partial charge is 0.458 e. The van der Waals surface area contributed by atoms with Crippen LogP contribution < -0.4 is 0 Å². The zero-order chi connectivity index (χ0) is 11.5. The summed E-state index contributed by atoms with van der Waals surface area (Å²) >= 11 is 13.5. The number of rotatable bonds is 2. The molecule has 1 aliphatic rings. The van der Waals surface area contributed by atoms with E-state index in [0.717, 1.165) is 17.9 Å². The Morgan fingerprint density at radius 1 is 1.44 bits per heavy atom. The molecule has 2 nitrogen and oxygen atoms in total. The van der Waals surface area contributed by atoms with Crippen LogP contribution in [0.3, 0.4) is 0 Å². The fraction of sp³-hybridized carbons (Fsp3) is 0.364. The minimum Gasteiger partial charge on any atom is -0.458 e. The standard InChI is InChI=1S/C11H10Cl2O2S/c12-7-1-2-9(10(13)5-7)11(14)15-8-3-4-16-6-8/h1-2,5,8H,3-4,6H2. The number of hydrogen-bond donors (Lipinski definition) is 0. The molecule has 1 unspecified atom stereocenters. The molecule has 0 N–H and O–H groups in total. The van der Waals surface area contributed by atoms with E-state index in [4.69, 9.17) is 27.9 Å². The van der Waals surface area contributed by atoms with Gasteiger partial charge in [0.25, 0.3) is 0 Å². The van der Waals surface area contributed by atoms with Crippen molar-refractivity contribution < 1.29 is 9.53 Å². The molecule has 1 atom stereocenters. The topological polar surface area (TPSA) is 26.3 Å². The number of carbonyl (C=O) groups is 1. The number of hydrogen-bond acceptors (Lipinski definition) is 3. The number of halogens is 2. The summed E-state index contributed by atoms with van der Waals surface area (Å²) in [6, 6.07) is 4.77. The third kappa shape index (κ3) is 2.84. The van der Waals surface area contributed by atoms with Gasteiger partial charge in [-0.3, -0.25) is 0 Å². The zero-order valence-corrected chi connectivity index (χ0v) is 10.7. The maximum atomic E-state index is 11.8. The molecule has 86 valence electrons. The van der Waals surface area contributed by atoms with Gasteiger partial charge in [0.2, 0.25) is 0 Å². The van der Waals surface area contributed by atoms with Crippen molar-refractivity contribution in [2.75, 3.05) is 11.5 Å². The second-order valence-corrected chi connectivity index (χ2v) is 5.51. The molecule has 0 radical (unpaired) electrons. The number of thioether (sulfide) groups is 1. The van der Waals surface area contributed by atoms with Gasteiger partial charge in [0, 0.05) is 10.8 Å². The molecule has 0 spiro atoms. The summed E-state index contributed by atoms with van der Waals surface area (Å²) in [5, 5.41) is 0.848. The van der Waals surface area contributed by atoms with E-state index in [9.17, 15) is 4.79 Å². The third-order valence-corrected chi connectivity index (χ3v) is 3.99. The van der Waals surface area contributed by atoms with Crippen LogP contribution in [0.15, 0.2) is 18.2 Å². The molecule has 16 heavy (non-hydrogen) atoms. The van der Waals surface area contributed by atoms with Crippen LogP contribution in [0.25, 0.3) is 0 Å². The van der Waals surface area contributed by atoms with Crippen LogP contribution >= 0.6 is 35.0 Å². The van der Waals surface area contributed by atoms with Gasteiger partial charge in [-0.1, -0.05) is 23.2 Å². The van der Waals surface area contributed by atoms with Crippen molar-refractivity contribution in [2.45, 2.75) is 12.5 Å². The first-order valence-corrected chi connectivity index (χ1v) is 6.81. The van der Waals surface area contributed by atoms with Crippen LogP contribution in [0.4, 0.5) is 0 Å². The molecular weight excluding hydrogens is 267 g/mol. The van der Waals surface area contributed by atoms with Crippen molar-refractivity contribution in [3.8, 4) is 0 Å². The highest BCUT2D eigenvalue weighted by molar-refractivity contribution is 7.99. The predicted octanol–water partition coefficient (Wildman–Crippen LogP) is 3.66. The van der Waals surface area contributed by atoms with Crippen LogP contribution in [-0.4, -0.2) is 23.6 Å². The number of carbonyl (C=O) groups excluding carboxylic acids is 1. The first-order chi connectivity index (χ1) is 7.66. The Morgan fingerprint density at radius 2 is 2.25 bits per heavy atom. The maximum absolute atomic E-state index is 11.8. The lowest BCUT2D eigenvalue weighted by Gasteiger charge is -2.11. The molecule has 1 fully saturated rings. The van der Waals surface area contributed by atoms with Gasteiger partial charge >= 0.3 is 5.97 Å². The molecule has 0 bridgehead atoms. The maximum Gasteiger partial charge on any atom is 0.339 e. The van der Waals surface area contributed by atoms with Gasteiger partial charge in [0.1, 0.15) is 6.10 Å². The van der Waals surface area contributed by atoms with Crippen molar-refractivity contribution in [3.63, 3.8) is 0 Å². The minimum absolute atomic E-state index is 0.0178. The van der Waals surface area contributed by atoms with Crippen LogP contribution in [0.2, 0.25) is 10.0 Å². The van der Waals surface area contributed by atoms with Gasteiger partial charge in [-0.25, -0.2) is 4.79 Å². The molecule has 0 amide bonds. The summed E-state index contributed by atoms with van der Waals surface area (Å²) in [6.45, 7) is 0. The molecule has 1 saturated heterocycles. The SMILES string of the molecule is O=C(OC1CCSC1)c1ccc(Cl)cc1Cl. The highest BCUT2D eigenvalue weighted by Crippen LogP contribution is 2.25. The summed E-state index contributed by atoms with van der Waals surface area (Å²) in [5.74, 6) is 1.55. The average molecular weight is 277 g/mol. The molecule has 5 heteroatoms. The summed E-state index contributed by atoms with van der Waals surface area (Å²) in [7, 11) is 0. The van der Waals surface area contributed by atoms with E-state index in [1.807, 2.05) is 0 Å².